The fourth-order valence-electron chi connectivity index (χ4n) is 3.12. The second-order valence-corrected chi connectivity index (χ2v) is 7.35. The Morgan fingerprint density at radius 1 is 1.09 bits per heavy atom. The Hall–Kier alpha value is -0.750. The molecule has 1 saturated carbocycles. The topological polar surface area (TPSA) is 55.8 Å². The van der Waals surface area contributed by atoms with E-state index >= 15 is 0 Å². The normalized spacial score (nSPS) is 22.0. The zero-order valence-electron chi connectivity index (χ0n) is 13.5. The zero-order valence-corrected chi connectivity index (χ0v) is 14.3. The maximum absolute atomic E-state index is 12.0. The third-order valence-electron chi connectivity index (χ3n) is 4.55. The number of carbonyl (C=O) groups excluding carboxylic acids is 2. The van der Waals surface area contributed by atoms with Gasteiger partial charge < -0.3 is 9.47 Å². The van der Waals surface area contributed by atoms with Gasteiger partial charge >= 0.3 is 11.9 Å². The summed E-state index contributed by atoms with van der Waals surface area (Å²) in [7, 11) is 0. The zero-order chi connectivity index (χ0) is 15.8. The van der Waals surface area contributed by atoms with Crippen LogP contribution >= 0.6 is 11.8 Å². The highest BCUT2D eigenvalue weighted by molar-refractivity contribution is 7.99. The molecule has 1 heterocycles. The molecule has 22 heavy (non-hydrogen) atoms. The first-order valence-corrected chi connectivity index (χ1v) is 9.46. The maximum atomic E-state index is 12.0. The van der Waals surface area contributed by atoms with Crippen molar-refractivity contribution >= 4 is 23.7 Å². The summed E-state index contributed by atoms with van der Waals surface area (Å²) in [4.78, 5) is 25.8. The van der Waals surface area contributed by atoms with Crippen LogP contribution in [0.2, 0.25) is 0 Å². The molecule has 2 rings (SSSR count). The molecule has 0 aromatic rings. The number of thioether (sulfide) groups is 1. The molecule has 5 nitrogen and oxygen atoms in total. The van der Waals surface area contributed by atoms with Gasteiger partial charge in [-0.2, -0.15) is 11.8 Å². The van der Waals surface area contributed by atoms with E-state index in [1.54, 1.807) is 0 Å². The lowest BCUT2D eigenvalue weighted by Gasteiger charge is -2.35. The van der Waals surface area contributed by atoms with Gasteiger partial charge in [0.25, 0.3) is 0 Å². The molecule has 0 unspecified atom stereocenters. The molecule has 1 aliphatic carbocycles. The van der Waals surface area contributed by atoms with Crippen molar-refractivity contribution in [1.82, 2.24) is 4.90 Å². The average molecular weight is 329 g/mol. The Balaban J connectivity index is 1.68. The van der Waals surface area contributed by atoms with Crippen molar-refractivity contribution < 1.29 is 19.1 Å². The van der Waals surface area contributed by atoms with Gasteiger partial charge in [-0.3, -0.25) is 9.69 Å². The van der Waals surface area contributed by atoms with Crippen molar-refractivity contribution in [3.05, 3.63) is 0 Å². The number of nitrogens with zero attached hydrogens (tertiary/aromatic N) is 1. The van der Waals surface area contributed by atoms with E-state index in [0.717, 1.165) is 56.7 Å². The quantitative estimate of drug-likeness (QED) is 0.697. The minimum atomic E-state index is -0.411. The van der Waals surface area contributed by atoms with E-state index in [1.165, 1.54) is 6.42 Å². The maximum Gasteiger partial charge on any atom is 0.344 e. The Kier molecular flexibility index (Phi) is 7.02. The highest BCUT2D eigenvalue weighted by Gasteiger charge is 2.34. The first-order valence-electron chi connectivity index (χ1n) is 8.31. The number of esters is 2. The van der Waals surface area contributed by atoms with E-state index < -0.39 is 5.97 Å². The van der Waals surface area contributed by atoms with Crippen molar-refractivity contribution in [3.63, 3.8) is 0 Å². The molecule has 0 atom stereocenters. The summed E-state index contributed by atoms with van der Waals surface area (Å²) in [6, 6.07) is 0. The number of hydrogen-bond donors (Lipinski definition) is 0. The fourth-order valence-corrected chi connectivity index (χ4v) is 4.10. The number of ether oxygens (including phenoxy) is 2. The van der Waals surface area contributed by atoms with Gasteiger partial charge in [-0.05, 0) is 32.1 Å². The van der Waals surface area contributed by atoms with Gasteiger partial charge in [0.2, 0.25) is 0 Å². The van der Waals surface area contributed by atoms with E-state index in [2.05, 4.69) is 11.8 Å². The summed E-state index contributed by atoms with van der Waals surface area (Å²) in [5.74, 6) is 1.35. The standard InChI is InChI=1S/C16H27NO4S/c1-2-16(6-4-3-5-7-16)21-15(19)13-20-14(18)12-17-8-10-22-11-9-17/h2-13H2,1H3. The van der Waals surface area contributed by atoms with E-state index in [-0.39, 0.29) is 24.7 Å². The number of carbonyl (C=O) groups is 2. The first-order chi connectivity index (χ1) is 10.6. The van der Waals surface area contributed by atoms with Crippen molar-refractivity contribution in [1.29, 1.82) is 0 Å². The third kappa shape index (κ3) is 5.47. The molecule has 0 amide bonds. The second kappa shape index (κ2) is 8.77. The van der Waals surface area contributed by atoms with Crippen LogP contribution in [-0.2, 0) is 19.1 Å². The molecule has 0 bridgehead atoms. The van der Waals surface area contributed by atoms with E-state index in [1.807, 2.05) is 11.8 Å². The van der Waals surface area contributed by atoms with Gasteiger partial charge in [0.05, 0.1) is 6.54 Å². The monoisotopic (exact) mass is 329 g/mol. The molecular weight excluding hydrogens is 302 g/mol. The molecule has 0 radical (unpaired) electrons. The predicted molar refractivity (Wildman–Crippen MR) is 86.9 cm³/mol. The van der Waals surface area contributed by atoms with Crippen molar-refractivity contribution in [3.8, 4) is 0 Å². The van der Waals surface area contributed by atoms with Crippen LogP contribution in [-0.4, -0.2) is 60.2 Å². The Bertz CT molecular complexity index is 376. The summed E-state index contributed by atoms with van der Waals surface area (Å²) in [6.07, 6.45) is 6.10. The molecule has 2 fully saturated rings. The Morgan fingerprint density at radius 2 is 1.77 bits per heavy atom. The molecule has 2 aliphatic rings. The smallest absolute Gasteiger partial charge is 0.344 e. The van der Waals surface area contributed by atoms with Gasteiger partial charge in [-0.1, -0.05) is 13.3 Å². The Labute approximate surface area is 137 Å². The van der Waals surface area contributed by atoms with Crippen LogP contribution in [0.3, 0.4) is 0 Å². The van der Waals surface area contributed by atoms with Gasteiger partial charge in [-0.15, -0.1) is 0 Å². The lowest BCUT2D eigenvalue weighted by Crippen LogP contribution is -2.39. The van der Waals surface area contributed by atoms with Gasteiger partial charge in [0.15, 0.2) is 6.61 Å². The fraction of sp³-hybridized carbons (Fsp3) is 0.875. The van der Waals surface area contributed by atoms with Crippen molar-refractivity contribution in [2.45, 2.75) is 51.0 Å². The highest BCUT2D eigenvalue weighted by atomic mass is 32.2. The molecule has 0 aromatic carbocycles. The van der Waals surface area contributed by atoms with Crippen LogP contribution in [0.1, 0.15) is 45.4 Å². The van der Waals surface area contributed by atoms with Gasteiger partial charge in [0, 0.05) is 24.6 Å². The SMILES string of the molecule is CCC1(OC(=O)COC(=O)CN2CCSCC2)CCCCC1. The molecule has 1 aliphatic heterocycles. The van der Waals surface area contributed by atoms with E-state index in [4.69, 9.17) is 9.47 Å². The van der Waals surface area contributed by atoms with Crippen LogP contribution < -0.4 is 0 Å². The average Bonchev–Trinajstić information content (AvgIpc) is 2.55. The largest absolute Gasteiger partial charge is 0.457 e. The van der Waals surface area contributed by atoms with Crippen LogP contribution in [0.5, 0.6) is 0 Å². The van der Waals surface area contributed by atoms with Crippen LogP contribution in [0, 0.1) is 0 Å². The Morgan fingerprint density at radius 3 is 2.41 bits per heavy atom. The summed E-state index contributed by atoms with van der Waals surface area (Å²) in [5, 5.41) is 0. The van der Waals surface area contributed by atoms with E-state index in [9.17, 15) is 9.59 Å². The minimum absolute atomic E-state index is 0.261. The molecule has 0 aromatic heterocycles. The second-order valence-electron chi connectivity index (χ2n) is 6.12. The van der Waals surface area contributed by atoms with Gasteiger partial charge in [0.1, 0.15) is 5.60 Å². The van der Waals surface area contributed by atoms with Crippen LogP contribution in [0.15, 0.2) is 0 Å². The first kappa shape index (κ1) is 17.6. The number of hydrogen-bond acceptors (Lipinski definition) is 6. The molecule has 126 valence electrons. The molecule has 0 spiro atoms. The summed E-state index contributed by atoms with van der Waals surface area (Å²) >= 11 is 1.90. The predicted octanol–water partition coefficient (Wildman–Crippen LogP) is 2.23. The molecule has 1 saturated heterocycles. The van der Waals surface area contributed by atoms with Crippen molar-refractivity contribution in [2.24, 2.45) is 0 Å². The van der Waals surface area contributed by atoms with E-state index in [0.29, 0.717) is 0 Å². The molecule has 0 N–H and O–H groups in total. The summed E-state index contributed by atoms with van der Waals surface area (Å²) < 4.78 is 10.7. The number of rotatable bonds is 6. The highest BCUT2D eigenvalue weighted by Crippen LogP contribution is 2.34. The summed E-state index contributed by atoms with van der Waals surface area (Å²) in [6.45, 7) is 3.88. The lowest BCUT2D eigenvalue weighted by atomic mass is 9.83. The molecular formula is C16H27NO4S. The van der Waals surface area contributed by atoms with Gasteiger partial charge in [-0.25, -0.2) is 4.79 Å². The molecule has 6 heteroatoms. The van der Waals surface area contributed by atoms with Crippen LogP contribution in [0.4, 0.5) is 0 Å². The summed E-state index contributed by atoms with van der Waals surface area (Å²) in [5.41, 5.74) is -0.328. The third-order valence-corrected chi connectivity index (χ3v) is 5.49. The lowest BCUT2D eigenvalue weighted by molar-refractivity contribution is -0.173. The van der Waals surface area contributed by atoms with Crippen molar-refractivity contribution in [2.75, 3.05) is 37.7 Å². The van der Waals surface area contributed by atoms with Crippen LogP contribution in [0.25, 0.3) is 0 Å². The minimum Gasteiger partial charge on any atom is -0.457 e.